The van der Waals surface area contributed by atoms with Crippen LogP contribution in [0.15, 0.2) is 47.5 Å². The van der Waals surface area contributed by atoms with E-state index in [1.807, 2.05) is 31.5 Å². The smallest absolute Gasteiger partial charge is 0.317 e. The molecule has 0 saturated carbocycles. The van der Waals surface area contributed by atoms with Gasteiger partial charge in [-0.25, -0.2) is 9.78 Å². The fraction of sp³-hybridized carbons (Fsp3) is 0.381. The molecular weight excluding hydrogens is 354 g/mol. The molecule has 0 bridgehead atoms. The van der Waals surface area contributed by atoms with E-state index < -0.39 is 0 Å². The van der Waals surface area contributed by atoms with Gasteiger partial charge in [-0.3, -0.25) is 0 Å². The minimum atomic E-state index is -0.116. The van der Waals surface area contributed by atoms with Crippen molar-refractivity contribution in [2.75, 3.05) is 7.05 Å². The fourth-order valence-electron chi connectivity index (χ4n) is 3.31. The lowest BCUT2D eigenvalue weighted by Gasteiger charge is -2.23. The summed E-state index contributed by atoms with van der Waals surface area (Å²) in [5.74, 6) is 0.751. The highest BCUT2D eigenvalue weighted by Crippen LogP contribution is 2.24. The highest BCUT2D eigenvalue weighted by Gasteiger charge is 2.22. The van der Waals surface area contributed by atoms with Crippen molar-refractivity contribution in [3.05, 3.63) is 71.1 Å². The Morgan fingerprint density at radius 1 is 1.25 bits per heavy atom. The average molecular weight is 381 g/mol. The highest BCUT2D eigenvalue weighted by molar-refractivity contribution is 5.74. The average Bonchev–Trinajstić information content (AvgIpc) is 3.31. The monoisotopic (exact) mass is 381 g/mol. The third-order valence-corrected chi connectivity index (χ3v) is 4.86. The van der Waals surface area contributed by atoms with E-state index in [4.69, 9.17) is 4.52 Å². The Balaban J connectivity index is 1.59. The Hall–Kier alpha value is -3.09. The van der Waals surface area contributed by atoms with E-state index in [1.54, 1.807) is 24.5 Å². The molecule has 0 saturated heterocycles. The van der Waals surface area contributed by atoms with Crippen LogP contribution in [0.5, 0.6) is 0 Å². The lowest BCUT2D eigenvalue weighted by Crippen LogP contribution is -2.39. The van der Waals surface area contributed by atoms with Crippen molar-refractivity contribution >= 4 is 6.03 Å². The summed E-state index contributed by atoms with van der Waals surface area (Å²) in [6.45, 7) is 7.13. The first kappa shape index (κ1) is 19.7. The first-order valence-electron chi connectivity index (χ1n) is 9.46. The number of carbonyl (C=O) groups is 1. The zero-order chi connectivity index (χ0) is 20.1. The van der Waals surface area contributed by atoms with Gasteiger partial charge < -0.3 is 19.3 Å². The van der Waals surface area contributed by atoms with Crippen LogP contribution < -0.4 is 5.32 Å². The van der Waals surface area contributed by atoms with Crippen molar-refractivity contribution in [1.82, 2.24) is 24.9 Å². The van der Waals surface area contributed by atoms with Crippen molar-refractivity contribution in [2.24, 2.45) is 0 Å². The zero-order valence-corrected chi connectivity index (χ0v) is 16.8. The molecule has 0 aliphatic carbocycles. The molecule has 1 atom stereocenters. The maximum Gasteiger partial charge on any atom is 0.317 e. The van der Waals surface area contributed by atoms with Crippen molar-refractivity contribution in [3.63, 3.8) is 0 Å². The summed E-state index contributed by atoms with van der Waals surface area (Å²) in [7, 11) is 1.80. The van der Waals surface area contributed by atoms with Crippen LogP contribution in [-0.4, -0.2) is 32.7 Å². The Morgan fingerprint density at radius 2 is 1.96 bits per heavy atom. The van der Waals surface area contributed by atoms with Crippen molar-refractivity contribution in [3.8, 4) is 0 Å². The number of carbonyl (C=O) groups excluding carboxylic acids is 1. The van der Waals surface area contributed by atoms with Gasteiger partial charge in [0.2, 0.25) is 0 Å². The first-order valence-corrected chi connectivity index (χ1v) is 9.46. The molecule has 0 radical (unpaired) electrons. The zero-order valence-electron chi connectivity index (χ0n) is 16.8. The van der Waals surface area contributed by atoms with E-state index in [1.165, 1.54) is 5.56 Å². The SMILES string of the molecule is CCC(NC(=O)N(C)Cc1ccc(Cn2ccnc2)cc1)c1c(C)noc1C. The largest absolute Gasteiger partial charge is 0.361 e. The molecule has 1 aromatic carbocycles. The van der Waals surface area contributed by atoms with E-state index in [2.05, 4.69) is 39.7 Å². The Labute approximate surface area is 165 Å². The van der Waals surface area contributed by atoms with Gasteiger partial charge in [0.05, 0.1) is 18.1 Å². The third kappa shape index (κ3) is 4.60. The molecular formula is C21H27N5O2. The molecule has 2 amide bonds. The number of hydrogen-bond donors (Lipinski definition) is 1. The summed E-state index contributed by atoms with van der Waals surface area (Å²) < 4.78 is 7.27. The summed E-state index contributed by atoms with van der Waals surface area (Å²) in [4.78, 5) is 18.4. The van der Waals surface area contributed by atoms with Gasteiger partial charge in [0.1, 0.15) is 5.76 Å². The second-order valence-corrected chi connectivity index (χ2v) is 7.06. The first-order chi connectivity index (χ1) is 13.5. The van der Waals surface area contributed by atoms with Crippen molar-refractivity contribution < 1.29 is 9.32 Å². The normalized spacial score (nSPS) is 12.0. The molecule has 3 aromatic rings. The number of urea groups is 1. The second-order valence-electron chi connectivity index (χ2n) is 7.06. The van der Waals surface area contributed by atoms with Gasteiger partial charge in [-0.15, -0.1) is 0 Å². The van der Waals surface area contributed by atoms with Crippen LogP contribution in [0, 0.1) is 13.8 Å². The summed E-state index contributed by atoms with van der Waals surface area (Å²) in [6.07, 6.45) is 6.28. The van der Waals surface area contributed by atoms with Crippen LogP contribution in [0.2, 0.25) is 0 Å². The second kappa shape index (κ2) is 8.73. The maximum absolute atomic E-state index is 12.7. The van der Waals surface area contributed by atoms with E-state index in [0.717, 1.165) is 35.5 Å². The highest BCUT2D eigenvalue weighted by atomic mass is 16.5. The van der Waals surface area contributed by atoms with E-state index in [9.17, 15) is 4.79 Å². The maximum atomic E-state index is 12.7. The Morgan fingerprint density at radius 3 is 2.54 bits per heavy atom. The lowest BCUT2D eigenvalue weighted by atomic mass is 10.0. The van der Waals surface area contributed by atoms with Crippen LogP contribution in [0.1, 0.15) is 47.5 Å². The number of hydrogen-bond acceptors (Lipinski definition) is 4. The molecule has 1 N–H and O–H groups in total. The van der Waals surface area contributed by atoms with Gasteiger partial charge >= 0.3 is 6.03 Å². The molecule has 0 aliphatic heterocycles. The molecule has 1 unspecified atom stereocenters. The molecule has 148 valence electrons. The number of aryl methyl sites for hydroxylation is 2. The minimum absolute atomic E-state index is 0.112. The number of benzene rings is 1. The van der Waals surface area contributed by atoms with Gasteiger partial charge in [0.15, 0.2) is 0 Å². The topological polar surface area (TPSA) is 76.2 Å². The number of amides is 2. The predicted octanol–water partition coefficient (Wildman–Crippen LogP) is 3.83. The van der Waals surface area contributed by atoms with Gasteiger partial charge in [0.25, 0.3) is 0 Å². The molecule has 7 nitrogen and oxygen atoms in total. The van der Waals surface area contributed by atoms with Crippen LogP contribution in [0.3, 0.4) is 0 Å². The van der Waals surface area contributed by atoms with E-state index in [-0.39, 0.29) is 12.1 Å². The van der Waals surface area contributed by atoms with Gasteiger partial charge in [-0.05, 0) is 31.4 Å². The molecule has 28 heavy (non-hydrogen) atoms. The number of imidazole rings is 1. The van der Waals surface area contributed by atoms with Gasteiger partial charge in [-0.1, -0.05) is 36.3 Å². The summed E-state index contributed by atoms with van der Waals surface area (Å²) in [5.41, 5.74) is 4.06. The standard InChI is InChI=1S/C21H27N5O2/c1-5-19(20-15(2)24-28-16(20)3)23-21(27)25(4)12-17-6-8-18(9-7-17)13-26-11-10-22-14-26/h6-11,14,19H,5,12-13H2,1-4H3,(H,23,27). The molecule has 0 spiro atoms. The van der Waals surface area contributed by atoms with Crippen LogP contribution in [0.25, 0.3) is 0 Å². The van der Waals surface area contributed by atoms with Gasteiger partial charge in [-0.2, -0.15) is 0 Å². The van der Waals surface area contributed by atoms with Crippen LogP contribution >= 0.6 is 0 Å². The number of nitrogens with one attached hydrogen (secondary N) is 1. The van der Waals surface area contributed by atoms with Crippen molar-refractivity contribution in [2.45, 2.75) is 46.3 Å². The van der Waals surface area contributed by atoms with Gasteiger partial charge in [0, 0.05) is 38.1 Å². The van der Waals surface area contributed by atoms with Crippen LogP contribution in [-0.2, 0) is 13.1 Å². The van der Waals surface area contributed by atoms with Crippen molar-refractivity contribution in [1.29, 1.82) is 0 Å². The molecule has 0 aliphatic rings. The number of aromatic nitrogens is 3. The molecule has 3 rings (SSSR count). The predicted molar refractivity (Wildman–Crippen MR) is 107 cm³/mol. The molecule has 7 heteroatoms. The molecule has 2 aromatic heterocycles. The number of nitrogens with zero attached hydrogens (tertiary/aromatic N) is 4. The Bertz CT molecular complexity index is 880. The molecule has 0 fully saturated rings. The summed E-state index contributed by atoms with van der Waals surface area (Å²) in [6, 6.07) is 8.05. The van der Waals surface area contributed by atoms with Crippen LogP contribution in [0.4, 0.5) is 4.79 Å². The third-order valence-electron chi connectivity index (χ3n) is 4.86. The van der Waals surface area contributed by atoms with E-state index >= 15 is 0 Å². The minimum Gasteiger partial charge on any atom is -0.361 e. The lowest BCUT2D eigenvalue weighted by molar-refractivity contribution is 0.202. The van der Waals surface area contributed by atoms with E-state index in [0.29, 0.717) is 6.54 Å². The fourth-order valence-corrected chi connectivity index (χ4v) is 3.31. The summed E-state index contributed by atoms with van der Waals surface area (Å²) in [5, 5.41) is 7.08. The quantitative estimate of drug-likeness (QED) is 0.675. The Kier molecular flexibility index (Phi) is 6.13. The summed E-state index contributed by atoms with van der Waals surface area (Å²) >= 11 is 0. The number of rotatable bonds is 7. The molecule has 2 heterocycles.